The van der Waals surface area contributed by atoms with Gasteiger partial charge in [0.2, 0.25) is 0 Å². The van der Waals surface area contributed by atoms with Gasteiger partial charge < -0.3 is 4.90 Å². The van der Waals surface area contributed by atoms with Gasteiger partial charge in [-0.2, -0.15) is 10.1 Å². The lowest BCUT2D eigenvalue weighted by Gasteiger charge is -2.16. The highest BCUT2D eigenvalue weighted by Crippen LogP contribution is 2.45. The number of para-hydroxylation sites is 1. The van der Waals surface area contributed by atoms with E-state index in [1.165, 1.54) is 41.3 Å². The Bertz CT molecular complexity index is 1650. The van der Waals surface area contributed by atoms with Gasteiger partial charge in [-0.05, 0) is 32.0 Å². The lowest BCUT2D eigenvalue weighted by molar-refractivity contribution is -0.384. The number of carbonyl (C=O) groups excluding carboxylic acids is 1. The smallest absolute Gasteiger partial charge is 0.283 e. The number of aromatic nitrogens is 1. The van der Waals surface area contributed by atoms with E-state index in [-0.39, 0.29) is 23.5 Å². The van der Waals surface area contributed by atoms with E-state index in [9.17, 15) is 19.7 Å². The number of nitrogens with zero attached hydrogens (tertiary/aromatic N) is 5. The lowest BCUT2D eigenvalue weighted by atomic mass is 10.2. The minimum atomic E-state index is -0.521. The number of hydrogen-bond donors (Lipinski definition) is 0. The van der Waals surface area contributed by atoms with Gasteiger partial charge in [0.25, 0.3) is 17.2 Å². The molecule has 182 valence electrons. The van der Waals surface area contributed by atoms with Crippen LogP contribution in [0.3, 0.4) is 0 Å². The van der Waals surface area contributed by atoms with E-state index in [2.05, 4.69) is 16.6 Å². The van der Waals surface area contributed by atoms with Crippen LogP contribution in [0.1, 0.15) is 13.8 Å². The molecule has 3 heterocycles. The molecule has 2 aromatic carbocycles. The molecule has 0 fully saturated rings. The molecule has 0 aliphatic carbocycles. The third-order valence-electron chi connectivity index (χ3n) is 5.83. The van der Waals surface area contributed by atoms with Crippen molar-refractivity contribution in [2.75, 3.05) is 16.5 Å². The second-order valence-electron chi connectivity index (χ2n) is 8.01. The van der Waals surface area contributed by atoms with Gasteiger partial charge >= 0.3 is 0 Å². The number of nitro benzene ring substituents is 1. The standard InChI is InChI=1S/C25H21N5O4S2/c1-4-13-28-23(32)21(25-27(5-2)18-11-6-7-12-19(18)35-25)36-24(28)20-15(3)26-29(22(20)31)16-9-8-10-17(14-16)30(33)34/h4,6-12,14H,1,5,13H2,2-3H3/b24-20+,25-21-. The SMILES string of the molecule is C=CCn1c(=O)/c(=C2/Sc3ccccc3N2CC)s/c1=C1/C(=O)N(c2cccc([N+](=O)[O-])c2)N=C1C. The second kappa shape index (κ2) is 9.25. The first kappa shape index (κ1) is 23.8. The Balaban J connectivity index is 1.72. The first-order valence-electron chi connectivity index (χ1n) is 11.1. The van der Waals surface area contributed by atoms with E-state index in [0.717, 1.165) is 20.6 Å². The number of nitro groups is 1. The summed E-state index contributed by atoms with van der Waals surface area (Å²) in [5, 5.41) is 17.6. The van der Waals surface area contributed by atoms with Crippen LogP contribution in [0.4, 0.5) is 17.1 Å². The number of amides is 1. The average molecular weight is 520 g/mol. The fourth-order valence-corrected chi connectivity index (χ4v) is 6.81. The summed E-state index contributed by atoms with van der Waals surface area (Å²) < 4.78 is 2.56. The van der Waals surface area contributed by atoms with Crippen molar-refractivity contribution in [3.63, 3.8) is 0 Å². The maximum atomic E-state index is 13.6. The zero-order chi connectivity index (χ0) is 25.6. The number of thioether (sulfide) groups is 1. The van der Waals surface area contributed by atoms with E-state index >= 15 is 0 Å². The third kappa shape index (κ3) is 3.76. The molecule has 0 saturated carbocycles. The normalized spacial score (nSPS) is 17.9. The number of non-ortho nitro benzene ring substituents is 1. The Hall–Kier alpha value is -3.96. The maximum Gasteiger partial charge on any atom is 0.283 e. The fourth-order valence-electron chi connectivity index (χ4n) is 4.21. The van der Waals surface area contributed by atoms with Crippen LogP contribution in [-0.2, 0) is 11.3 Å². The topological polar surface area (TPSA) is 101 Å². The van der Waals surface area contributed by atoms with Crippen LogP contribution in [0, 0.1) is 10.1 Å². The minimum absolute atomic E-state index is 0.141. The highest BCUT2D eigenvalue weighted by Gasteiger charge is 2.33. The summed E-state index contributed by atoms with van der Waals surface area (Å²) in [5.74, 6) is -0.446. The van der Waals surface area contributed by atoms with Crippen molar-refractivity contribution < 1.29 is 9.72 Å². The van der Waals surface area contributed by atoms with Crippen molar-refractivity contribution in [1.82, 2.24) is 4.57 Å². The molecule has 0 spiro atoms. The van der Waals surface area contributed by atoms with Crippen molar-refractivity contribution in [1.29, 1.82) is 0 Å². The van der Waals surface area contributed by atoms with Crippen molar-refractivity contribution >= 4 is 62.4 Å². The number of fused-ring (bicyclic) bond motifs is 1. The number of allylic oxidation sites excluding steroid dienone is 1. The van der Waals surface area contributed by atoms with Crippen LogP contribution in [0.25, 0.3) is 10.6 Å². The number of hydrogen-bond acceptors (Lipinski definition) is 8. The van der Waals surface area contributed by atoms with Gasteiger partial charge in [-0.25, -0.2) is 0 Å². The van der Waals surface area contributed by atoms with Crippen molar-refractivity contribution in [2.24, 2.45) is 5.10 Å². The van der Waals surface area contributed by atoms with E-state index in [4.69, 9.17) is 0 Å². The highest BCUT2D eigenvalue weighted by atomic mass is 32.2. The molecule has 1 aromatic heterocycles. The Morgan fingerprint density at radius 3 is 2.67 bits per heavy atom. The van der Waals surface area contributed by atoms with Gasteiger partial charge in [-0.1, -0.05) is 36.0 Å². The van der Waals surface area contributed by atoms with E-state index in [1.807, 2.05) is 31.2 Å². The van der Waals surface area contributed by atoms with Gasteiger partial charge in [0.05, 0.1) is 27.6 Å². The molecule has 0 bridgehead atoms. The molecule has 0 N–H and O–H groups in total. The summed E-state index contributed by atoms with van der Waals surface area (Å²) in [7, 11) is 0. The van der Waals surface area contributed by atoms with Gasteiger partial charge in [0.15, 0.2) is 0 Å². The van der Waals surface area contributed by atoms with Crippen LogP contribution in [0.5, 0.6) is 0 Å². The summed E-state index contributed by atoms with van der Waals surface area (Å²) in [6, 6.07) is 13.7. The number of thiazole rings is 1. The van der Waals surface area contributed by atoms with Gasteiger partial charge in [-0.3, -0.25) is 24.3 Å². The fraction of sp³-hybridized carbons (Fsp3) is 0.160. The van der Waals surface area contributed by atoms with Crippen LogP contribution in [0.2, 0.25) is 0 Å². The number of benzene rings is 2. The van der Waals surface area contributed by atoms with E-state index < -0.39 is 10.8 Å². The molecule has 2 aliphatic heterocycles. The summed E-state index contributed by atoms with van der Waals surface area (Å²) in [4.78, 5) is 41.0. The average Bonchev–Trinajstić information content (AvgIpc) is 3.50. The summed E-state index contributed by atoms with van der Waals surface area (Å²) in [5.41, 5.74) is 1.70. The molecule has 1 amide bonds. The maximum absolute atomic E-state index is 13.6. The second-order valence-corrected chi connectivity index (χ2v) is 10.0. The quantitative estimate of drug-likeness (QED) is 0.291. The predicted octanol–water partition coefficient (Wildman–Crippen LogP) is 3.28. The predicted molar refractivity (Wildman–Crippen MR) is 144 cm³/mol. The first-order chi connectivity index (χ1) is 17.3. The molecule has 5 rings (SSSR count). The lowest BCUT2D eigenvalue weighted by Crippen LogP contribution is -2.35. The summed E-state index contributed by atoms with van der Waals surface area (Å²) >= 11 is 2.79. The molecule has 9 nitrogen and oxygen atoms in total. The van der Waals surface area contributed by atoms with Crippen molar-refractivity contribution in [3.05, 3.63) is 90.8 Å². The number of rotatable bonds is 5. The molecular formula is C25H21N5O4S2. The number of hydrazone groups is 1. The molecule has 0 unspecified atom stereocenters. The molecular weight excluding hydrogens is 498 g/mol. The third-order valence-corrected chi connectivity index (χ3v) is 8.33. The van der Waals surface area contributed by atoms with Crippen LogP contribution in [-0.4, -0.2) is 27.7 Å². The van der Waals surface area contributed by atoms with Crippen LogP contribution >= 0.6 is 23.1 Å². The van der Waals surface area contributed by atoms with Gasteiger partial charge in [0.1, 0.15) is 14.2 Å². The Kier molecular flexibility index (Phi) is 6.10. The van der Waals surface area contributed by atoms with Gasteiger partial charge in [0, 0.05) is 30.1 Å². The Labute approximate surface area is 214 Å². The Morgan fingerprint density at radius 1 is 1.17 bits per heavy atom. The molecule has 2 aliphatic rings. The van der Waals surface area contributed by atoms with Crippen LogP contribution < -0.4 is 24.7 Å². The van der Waals surface area contributed by atoms with E-state index in [0.29, 0.717) is 27.0 Å². The molecule has 36 heavy (non-hydrogen) atoms. The van der Waals surface area contributed by atoms with Crippen LogP contribution in [0.15, 0.2) is 76.0 Å². The van der Waals surface area contributed by atoms with E-state index in [1.54, 1.807) is 23.6 Å². The van der Waals surface area contributed by atoms with Gasteiger partial charge in [-0.15, -0.1) is 17.9 Å². The first-order valence-corrected chi connectivity index (χ1v) is 12.8. The number of anilines is 2. The highest BCUT2D eigenvalue weighted by molar-refractivity contribution is 8.08. The molecule has 0 saturated heterocycles. The summed E-state index contributed by atoms with van der Waals surface area (Å²) in [6.45, 7) is 8.42. The minimum Gasteiger partial charge on any atom is -0.334 e. The summed E-state index contributed by atoms with van der Waals surface area (Å²) in [6.07, 6.45) is 1.62. The van der Waals surface area contributed by atoms with Crippen molar-refractivity contribution in [2.45, 2.75) is 25.3 Å². The monoisotopic (exact) mass is 519 g/mol. The largest absolute Gasteiger partial charge is 0.334 e. The molecule has 3 aromatic rings. The number of carbonyl (C=O) groups is 1. The molecule has 0 radical (unpaired) electrons. The molecule has 0 atom stereocenters. The van der Waals surface area contributed by atoms with Crippen molar-refractivity contribution in [3.8, 4) is 0 Å². The Morgan fingerprint density at radius 2 is 1.94 bits per heavy atom. The zero-order valence-electron chi connectivity index (χ0n) is 19.5. The molecule has 11 heteroatoms. The zero-order valence-corrected chi connectivity index (χ0v) is 21.1.